The number of amides is 1. The Morgan fingerprint density at radius 3 is 2.56 bits per heavy atom. The van der Waals surface area contributed by atoms with Gasteiger partial charge in [0.2, 0.25) is 0 Å². The molecule has 3 N–H and O–H groups in total. The first-order valence-corrected chi connectivity index (χ1v) is 8.50. The van der Waals surface area contributed by atoms with Gasteiger partial charge in [-0.05, 0) is 54.6 Å². The number of aromatic amines is 1. The maximum atomic E-state index is 12.6. The molecule has 134 valence electrons. The molecule has 0 unspecified atom stereocenters. The van der Waals surface area contributed by atoms with Crippen LogP contribution >= 0.6 is 11.6 Å². The Labute approximate surface area is 158 Å². The normalized spacial score (nSPS) is 10.9. The van der Waals surface area contributed by atoms with Crippen LogP contribution < -0.4 is 10.9 Å². The van der Waals surface area contributed by atoms with Crippen LogP contribution in [0.25, 0.3) is 16.7 Å². The molecule has 0 bridgehead atoms. The summed E-state index contributed by atoms with van der Waals surface area (Å²) >= 11 is 5.94. The highest BCUT2D eigenvalue weighted by Crippen LogP contribution is 2.21. The van der Waals surface area contributed by atoms with Gasteiger partial charge in [-0.3, -0.25) is 14.2 Å². The van der Waals surface area contributed by atoms with Crippen LogP contribution in [0.4, 0.5) is 5.69 Å². The molecule has 0 saturated carbocycles. The molecule has 6 nitrogen and oxygen atoms in total. The number of phenols is 1. The molecule has 0 aliphatic carbocycles. The van der Waals surface area contributed by atoms with Crippen molar-refractivity contribution in [2.45, 2.75) is 0 Å². The van der Waals surface area contributed by atoms with Crippen LogP contribution in [0.1, 0.15) is 10.5 Å². The minimum atomic E-state index is -0.349. The Morgan fingerprint density at radius 2 is 1.81 bits per heavy atom. The van der Waals surface area contributed by atoms with E-state index in [4.69, 9.17) is 11.6 Å². The molecule has 7 heteroatoms. The van der Waals surface area contributed by atoms with Gasteiger partial charge in [0.05, 0.1) is 5.69 Å². The zero-order chi connectivity index (χ0) is 19.0. The van der Waals surface area contributed by atoms with E-state index in [9.17, 15) is 14.7 Å². The Hall–Kier alpha value is -3.51. The van der Waals surface area contributed by atoms with Crippen LogP contribution in [0.5, 0.6) is 5.75 Å². The number of anilines is 1. The van der Waals surface area contributed by atoms with Crippen molar-refractivity contribution < 1.29 is 9.90 Å². The van der Waals surface area contributed by atoms with E-state index in [2.05, 4.69) is 10.3 Å². The van der Waals surface area contributed by atoms with Gasteiger partial charge >= 0.3 is 0 Å². The standard InChI is InChI=1S/C20H14ClN3O3/c21-13-2-1-3-14(11-13)22-20(27)17-10-12-4-9-18(26)24(19(12)23-17)15-5-7-16(25)8-6-15/h1-11,23,25H,(H,22,27). The van der Waals surface area contributed by atoms with E-state index in [0.29, 0.717) is 33.1 Å². The van der Waals surface area contributed by atoms with E-state index < -0.39 is 0 Å². The first-order chi connectivity index (χ1) is 13.0. The number of aromatic hydroxyl groups is 1. The third-order valence-corrected chi connectivity index (χ3v) is 4.35. The number of fused-ring (bicyclic) bond motifs is 1. The number of benzene rings is 2. The number of carbonyl (C=O) groups is 1. The van der Waals surface area contributed by atoms with E-state index in [1.807, 2.05) is 0 Å². The second kappa shape index (κ2) is 6.66. The van der Waals surface area contributed by atoms with Crippen LogP contribution in [-0.4, -0.2) is 20.6 Å². The van der Waals surface area contributed by atoms with Crippen LogP contribution in [0.3, 0.4) is 0 Å². The lowest BCUT2D eigenvalue weighted by molar-refractivity contribution is 0.102. The Kier molecular flexibility index (Phi) is 4.18. The molecule has 27 heavy (non-hydrogen) atoms. The number of nitrogens with zero attached hydrogens (tertiary/aromatic N) is 1. The molecule has 4 rings (SSSR count). The van der Waals surface area contributed by atoms with Crippen molar-refractivity contribution in [1.29, 1.82) is 0 Å². The van der Waals surface area contributed by atoms with Crippen molar-refractivity contribution in [3.8, 4) is 11.4 Å². The summed E-state index contributed by atoms with van der Waals surface area (Å²) < 4.78 is 1.45. The van der Waals surface area contributed by atoms with Gasteiger partial charge in [-0.15, -0.1) is 0 Å². The maximum Gasteiger partial charge on any atom is 0.272 e. The largest absolute Gasteiger partial charge is 0.508 e. The second-order valence-corrected chi connectivity index (χ2v) is 6.41. The Bertz CT molecular complexity index is 1210. The summed E-state index contributed by atoms with van der Waals surface area (Å²) in [6.07, 6.45) is 0. The smallest absolute Gasteiger partial charge is 0.272 e. The number of rotatable bonds is 3. The lowest BCUT2D eigenvalue weighted by atomic mass is 10.2. The topological polar surface area (TPSA) is 87.1 Å². The van der Waals surface area contributed by atoms with Crippen molar-refractivity contribution in [1.82, 2.24) is 9.55 Å². The lowest BCUT2D eigenvalue weighted by Crippen LogP contribution is -2.17. The van der Waals surface area contributed by atoms with E-state index in [-0.39, 0.29) is 17.2 Å². The monoisotopic (exact) mass is 379 g/mol. The molecule has 0 fully saturated rings. The van der Waals surface area contributed by atoms with E-state index >= 15 is 0 Å². The minimum Gasteiger partial charge on any atom is -0.508 e. The zero-order valence-corrected chi connectivity index (χ0v) is 14.7. The molecule has 0 spiro atoms. The zero-order valence-electron chi connectivity index (χ0n) is 13.9. The summed E-state index contributed by atoms with van der Waals surface area (Å²) in [5.74, 6) is -0.245. The summed E-state index contributed by atoms with van der Waals surface area (Å²) in [4.78, 5) is 28.0. The van der Waals surface area contributed by atoms with E-state index in [1.54, 1.807) is 48.5 Å². The van der Waals surface area contributed by atoms with Crippen LogP contribution in [-0.2, 0) is 0 Å². The minimum absolute atomic E-state index is 0.104. The summed E-state index contributed by atoms with van der Waals surface area (Å²) in [6, 6.07) is 17.8. The fraction of sp³-hybridized carbons (Fsp3) is 0. The van der Waals surface area contributed by atoms with Crippen molar-refractivity contribution in [2.75, 3.05) is 5.32 Å². The molecular formula is C20H14ClN3O3. The first-order valence-electron chi connectivity index (χ1n) is 8.12. The van der Waals surface area contributed by atoms with Crippen molar-refractivity contribution in [3.63, 3.8) is 0 Å². The third-order valence-electron chi connectivity index (χ3n) is 4.11. The highest BCUT2D eigenvalue weighted by Gasteiger charge is 2.14. The van der Waals surface area contributed by atoms with Gasteiger partial charge in [0.1, 0.15) is 17.1 Å². The number of carbonyl (C=O) groups excluding carboxylic acids is 1. The molecular weight excluding hydrogens is 366 g/mol. The quantitative estimate of drug-likeness (QED) is 0.504. The second-order valence-electron chi connectivity index (χ2n) is 5.97. The first kappa shape index (κ1) is 16.9. The summed E-state index contributed by atoms with van der Waals surface area (Å²) in [5.41, 5.74) is 1.69. The molecule has 0 aliphatic rings. The maximum absolute atomic E-state index is 12.6. The molecule has 0 atom stereocenters. The molecule has 0 radical (unpaired) electrons. The fourth-order valence-electron chi connectivity index (χ4n) is 2.86. The number of halogens is 1. The van der Waals surface area contributed by atoms with Gasteiger partial charge in [0.15, 0.2) is 0 Å². The molecule has 0 aliphatic heterocycles. The molecule has 1 amide bonds. The molecule has 0 saturated heterocycles. The lowest BCUT2D eigenvalue weighted by Gasteiger charge is -2.07. The Balaban J connectivity index is 1.76. The number of H-pyrrole nitrogens is 1. The highest BCUT2D eigenvalue weighted by molar-refractivity contribution is 6.31. The van der Waals surface area contributed by atoms with Crippen molar-refractivity contribution in [2.24, 2.45) is 0 Å². The van der Waals surface area contributed by atoms with Crippen LogP contribution in [0, 0.1) is 0 Å². The van der Waals surface area contributed by atoms with E-state index in [1.165, 1.54) is 22.8 Å². The SMILES string of the molecule is O=C(Nc1cccc(Cl)c1)c1cc2ccc(=O)n(-c3ccc(O)cc3)c2[nH]1. The van der Waals surface area contributed by atoms with Crippen molar-refractivity contribution in [3.05, 3.63) is 87.8 Å². The number of phenolic OH excluding ortho intramolecular Hbond substituents is 1. The van der Waals surface area contributed by atoms with Gasteiger partial charge in [0.25, 0.3) is 11.5 Å². The fourth-order valence-corrected chi connectivity index (χ4v) is 3.05. The van der Waals surface area contributed by atoms with Crippen molar-refractivity contribution >= 4 is 34.2 Å². The number of aromatic nitrogens is 2. The number of pyridine rings is 1. The van der Waals surface area contributed by atoms with Gasteiger partial charge in [-0.2, -0.15) is 0 Å². The number of hydrogen-bond acceptors (Lipinski definition) is 3. The van der Waals surface area contributed by atoms with Gasteiger partial charge in [-0.1, -0.05) is 17.7 Å². The van der Waals surface area contributed by atoms with Gasteiger partial charge in [0, 0.05) is 22.2 Å². The highest BCUT2D eigenvalue weighted by atomic mass is 35.5. The van der Waals surface area contributed by atoms with E-state index in [0.717, 1.165) is 0 Å². The summed E-state index contributed by atoms with van der Waals surface area (Å²) in [5, 5.41) is 13.5. The van der Waals surface area contributed by atoms with Crippen LogP contribution in [0.2, 0.25) is 5.02 Å². The Morgan fingerprint density at radius 1 is 1.04 bits per heavy atom. The molecule has 4 aromatic rings. The predicted molar refractivity (Wildman–Crippen MR) is 105 cm³/mol. The average Bonchev–Trinajstić information content (AvgIpc) is 3.07. The summed E-state index contributed by atoms with van der Waals surface area (Å²) in [7, 11) is 0. The average molecular weight is 380 g/mol. The van der Waals surface area contributed by atoms with Gasteiger partial charge < -0.3 is 15.4 Å². The number of hydrogen-bond donors (Lipinski definition) is 3. The summed E-state index contributed by atoms with van der Waals surface area (Å²) in [6.45, 7) is 0. The third kappa shape index (κ3) is 3.30. The van der Waals surface area contributed by atoms with Crippen LogP contribution in [0.15, 0.2) is 71.5 Å². The molecule has 2 aromatic carbocycles. The molecule has 2 heterocycles. The number of nitrogens with one attached hydrogen (secondary N) is 2. The predicted octanol–water partition coefficient (Wildman–Crippen LogP) is 3.93. The van der Waals surface area contributed by atoms with Gasteiger partial charge in [-0.25, -0.2) is 0 Å². The molecule has 2 aromatic heterocycles.